The van der Waals surface area contributed by atoms with E-state index in [-0.39, 0.29) is 0 Å². The Morgan fingerprint density at radius 1 is 0.769 bits per heavy atom. The number of hydrogen-bond donors (Lipinski definition) is 0. The molecule has 0 aromatic heterocycles. The van der Waals surface area contributed by atoms with Crippen LogP contribution >= 0.6 is 12.1 Å². The Morgan fingerprint density at radius 3 is 1.00 bits per heavy atom. The van der Waals surface area contributed by atoms with Gasteiger partial charge in [0.15, 0.2) is 0 Å². The summed E-state index contributed by atoms with van der Waals surface area (Å²) in [7, 11) is 0. The average Bonchev–Trinajstić information content (AvgIpc) is 1.84. The number of carbonyl (C=O) groups excluding carboxylic acids is 2. The molecule has 0 amide bonds. The quantitative estimate of drug-likeness (QED) is 0.442. The van der Waals surface area contributed by atoms with Crippen molar-refractivity contribution in [3.05, 3.63) is 0 Å². The average molecular weight is 271 g/mol. The van der Waals surface area contributed by atoms with Crippen LogP contribution in [0.1, 0.15) is 0 Å². The Kier molecular flexibility index (Phi) is 4.27. The molecule has 0 aliphatic rings. The van der Waals surface area contributed by atoms with E-state index in [1.165, 1.54) is 0 Å². The van der Waals surface area contributed by atoms with Crippen molar-refractivity contribution >= 4 is 22.6 Å². The first kappa shape index (κ1) is 13.7. The van der Waals surface area contributed by atoms with Gasteiger partial charge in [0, 0.05) is 0 Å². The van der Waals surface area contributed by atoms with Crippen LogP contribution in [0.15, 0.2) is 0 Å². The van der Waals surface area contributed by atoms with Crippen LogP contribution in [0.3, 0.4) is 0 Å². The Hall–Kier alpha value is 0.694. The van der Waals surface area contributed by atoms with E-state index in [0.29, 0.717) is 0 Å². The van der Waals surface area contributed by atoms with Crippen LogP contribution in [0.5, 0.6) is 0 Å². The fourth-order valence-electron chi connectivity index (χ4n) is 1.18. The molecule has 13 heavy (non-hydrogen) atoms. The minimum atomic E-state index is -1.71. The van der Waals surface area contributed by atoms with Gasteiger partial charge in [-0.15, -0.1) is 0 Å². The molecule has 0 saturated carbocycles. The summed E-state index contributed by atoms with van der Waals surface area (Å²) < 4.78 is 0. The van der Waals surface area contributed by atoms with E-state index in [1.807, 2.05) is 0 Å². The van der Waals surface area contributed by atoms with E-state index in [2.05, 4.69) is 40.0 Å². The summed E-state index contributed by atoms with van der Waals surface area (Å²) in [6, 6.07) is -3.31. The second-order valence-electron chi connectivity index (χ2n) is 4.65. The van der Waals surface area contributed by atoms with Crippen LogP contribution in [-0.4, -0.2) is 50.5 Å². The standard InChI is InChI=1S/2C3H9P.2CHO.Ni/c2*1-4(2)3;2*1-2;/h2*1-3H3;2*1H;/q;;;;-2/p+2. The van der Waals surface area contributed by atoms with E-state index in [4.69, 9.17) is 0 Å². The monoisotopic (exact) mass is 270 g/mol. The molecular weight excluding hydrogens is 249 g/mol. The predicted molar refractivity (Wildman–Crippen MR) is 65.7 cm³/mol. The van der Waals surface area contributed by atoms with E-state index < -0.39 is 23.6 Å². The molecule has 2 nitrogen and oxygen atoms in total. The van der Waals surface area contributed by atoms with E-state index in [0.717, 1.165) is 10.5 Å². The maximum atomic E-state index is 11.2. The van der Waals surface area contributed by atoms with Crippen LogP contribution in [0, 0.1) is 0 Å². The fourth-order valence-corrected chi connectivity index (χ4v) is 32.0. The summed E-state index contributed by atoms with van der Waals surface area (Å²) in [5.41, 5.74) is 0. The molecule has 0 aliphatic carbocycles. The zero-order valence-corrected chi connectivity index (χ0v) is 12.3. The normalized spacial score (nSPS) is 17.7. The van der Waals surface area contributed by atoms with Crippen LogP contribution in [-0.2, 0) is 21.1 Å². The van der Waals surface area contributed by atoms with Gasteiger partial charge in [-0.3, -0.25) is 0 Å². The maximum absolute atomic E-state index is 11.2. The van der Waals surface area contributed by atoms with Gasteiger partial charge in [-0.2, -0.15) is 0 Å². The van der Waals surface area contributed by atoms with Crippen LogP contribution < -0.4 is 0 Å². The summed E-state index contributed by atoms with van der Waals surface area (Å²) in [6.45, 7) is 12.8. The summed E-state index contributed by atoms with van der Waals surface area (Å²) >= 11 is -1.71. The summed E-state index contributed by atoms with van der Waals surface area (Å²) in [5.74, 6) is 0. The Labute approximate surface area is 83.9 Å². The first-order valence-corrected chi connectivity index (χ1v) is 14.9. The molecule has 0 heterocycles. The van der Waals surface area contributed by atoms with Crippen molar-refractivity contribution in [2.45, 2.75) is 0 Å². The zero-order valence-electron chi connectivity index (χ0n) is 9.29. The number of carbonyl (C=O) groups is 2. The van der Waals surface area contributed by atoms with Gasteiger partial charge in [-0.05, 0) is 0 Å². The topological polar surface area (TPSA) is 34.1 Å². The second kappa shape index (κ2) is 4.05. The molecule has 0 spiro atoms. The molecule has 0 fully saturated rings. The molecule has 0 saturated heterocycles. The van der Waals surface area contributed by atoms with Crippen LogP contribution in [0.4, 0.5) is 0 Å². The first-order valence-electron chi connectivity index (χ1n) is 4.15. The van der Waals surface area contributed by atoms with E-state index >= 15 is 0 Å². The van der Waals surface area contributed by atoms with Gasteiger partial charge in [0.25, 0.3) is 0 Å². The molecule has 0 aromatic carbocycles. The summed E-state index contributed by atoms with van der Waals surface area (Å²) in [6.07, 6.45) is 0. The van der Waals surface area contributed by atoms with E-state index in [1.54, 1.807) is 0 Å². The second-order valence-corrected chi connectivity index (χ2v) is 29.2. The predicted octanol–water partition coefficient (Wildman–Crippen LogP) is 1.63. The van der Waals surface area contributed by atoms with Gasteiger partial charge in [-0.25, -0.2) is 0 Å². The van der Waals surface area contributed by atoms with Crippen molar-refractivity contribution < 1.29 is 21.1 Å². The van der Waals surface area contributed by atoms with Crippen molar-refractivity contribution in [2.75, 3.05) is 40.0 Å². The molecule has 0 unspecified atom stereocenters. The molecule has 0 aliphatic heterocycles. The molecule has 0 bridgehead atoms. The third-order valence-electron chi connectivity index (χ3n) is 1.80. The van der Waals surface area contributed by atoms with Crippen molar-refractivity contribution in [3.8, 4) is 0 Å². The zero-order chi connectivity index (χ0) is 10.9. The number of rotatable bonds is 4. The van der Waals surface area contributed by atoms with E-state index in [9.17, 15) is 9.59 Å². The molecule has 0 N–H and O–H groups in total. The molecule has 0 radical (unpaired) electrons. The fraction of sp³-hybridized carbons (Fsp3) is 0.750. The van der Waals surface area contributed by atoms with Crippen LogP contribution in [0.2, 0.25) is 0 Å². The number of hydrogen-bond acceptors (Lipinski definition) is 2. The van der Waals surface area contributed by atoms with Crippen molar-refractivity contribution in [2.24, 2.45) is 0 Å². The molecule has 0 aromatic rings. The Bertz CT molecular complexity index is 191. The molecular formula is C8H22NiO2P2. The summed E-state index contributed by atoms with van der Waals surface area (Å²) in [5, 5.41) is 2.02. The molecule has 0 atom stereocenters. The third-order valence-corrected chi connectivity index (χ3v) is 33.4. The van der Waals surface area contributed by atoms with Gasteiger partial charge >= 0.3 is 83.7 Å². The van der Waals surface area contributed by atoms with Crippen molar-refractivity contribution in [1.29, 1.82) is 0 Å². The third kappa shape index (κ3) is 2.38. The van der Waals surface area contributed by atoms with Gasteiger partial charge in [0.2, 0.25) is 0 Å². The van der Waals surface area contributed by atoms with Gasteiger partial charge in [0.1, 0.15) is 0 Å². The molecule has 0 rings (SSSR count). The molecule has 5 heteroatoms. The van der Waals surface area contributed by atoms with Gasteiger partial charge in [0.05, 0.1) is 0 Å². The Morgan fingerprint density at radius 2 is 1.00 bits per heavy atom. The Balaban J connectivity index is 5.43. The molecule has 86 valence electrons. The first-order chi connectivity index (χ1) is 5.62. The van der Waals surface area contributed by atoms with Crippen molar-refractivity contribution in [1.82, 2.24) is 0 Å². The SMILES string of the molecule is C[PH](C)(C)[Ni]([CH]=O)([CH]=O)[PH](C)(C)C. The minimum absolute atomic E-state index is 1.01. The van der Waals surface area contributed by atoms with Crippen molar-refractivity contribution in [3.63, 3.8) is 0 Å². The van der Waals surface area contributed by atoms with Gasteiger partial charge < -0.3 is 0 Å². The van der Waals surface area contributed by atoms with Crippen LogP contribution in [0.25, 0.3) is 0 Å². The van der Waals surface area contributed by atoms with Gasteiger partial charge in [-0.1, -0.05) is 0 Å². The summed E-state index contributed by atoms with van der Waals surface area (Å²) in [4.78, 5) is 22.5.